The lowest BCUT2D eigenvalue weighted by molar-refractivity contribution is 0.119. The highest BCUT2D eigenvalue weighted by Gasteiger charge is 2.30. The van der Waals surface area contributed by atoms with Crippen LogP contribution >= 0.6 is 7.60 Å². The van der Waals surface area contributed by atoms with Crippen LogP contribution in [0.5, 0.6) is 0 Å². The standard InChI is InChI=1S/C13H27N2O4P/c1-11(2)15-13(9-17-5)10-19-20(16,12(3)4)18-8-6-7-14/h11-13,15H,6,8-10H2,1-5H3. The second kappa shape index (κ2) is 10.3. The van der Waals surface area contributed by atoms with E-state index in [4.69, 9.17) is 19.0 Å². The zero-order valence-electron chi connectivity index (χ0n) is 13.1. The first kappa shape index (κ1) is 19.6. The van der Waals surface area contributed by atoms with Gasteiger partial charge in [0.1, 0.15) is 0 Å². The smallest absolute Gasteiger partial charge is 0.333 e. The highest BCUT2D eigenvalue weighted by atomic mass is 31.2. The van der Waals surface area contributed by atoms with Crippen LogP contribution in [0.4, 0.5) is 0 Å². The largest absolute Gasteiger partial charge is 0.383 e. The minimum atomic E-state index is -3.19. The maximum atomic E-state index is 12.6. The number of methoxy groups -OCH3 is 1. The minimum Gasteiger partial charge on any atom is -0.383 e. The summed E-state index contributed by atoms with van der Waals surface area (Å²) in [7, 11) is -1.58. The number of ether oxygens (including phenoxy) is 1. The van der Waals surface area contributed by atoms with Gasteiger partial charge in [-0.25, -0.2) is 0 Å². The van der Waals surface area contributed by atoms with Crippen molar-refractivity contribution in [1.29, 1.82) is 5.26 Å². The van der Waals surface area contributed by atoms with E-state index in [2.05, 4.69) is 5.32 Å². The van der Waals surface area contributed by atoms with Gasteiger partial charge in [-0.1, -0.05) is 27.7 Å². The quantitative estimate of drug-likeness (QED) is 0.467. The van der Waals surface area contributed by atoms with Gasteiger partial charge in [0.05, 0.1) is 44.0 Å². The molecule has 118 valence electrons. The molecule has 0 aromatic rings. The highest BCUT2D eigenvalue weighted by molar-refractivity contribution is 7.54. The lowest BCUT2D eigenvalue weighted by atomic mass is 10.3. The van der Waals surface area contributed by atoms with E-state index in [1.807, 2.05) is 19.9 Å². The molecule has 0 aromatic carbocycles. The van der Waals surface area contributed by atoms with E-state index in [1.165, 1.54) is 0 Å². The van der Waals surface area contributed by atoms with E-state index in [0.29, 0.717) is 6.61 Å². The predicted molar refractivity (Wildman–Crippen MR) is 78.8 cm³/mol. The van der Waals surface area contributed by atoms with Crippen LogP contribution in [0, 0.1) is 11.3 Å². The molecule has 0 rings (SSSR count). The third-order valence-electron chi connectivity index (χ3n) is 2.51. The number of hydrogen-bond acceptors (Lipinski definition) is 6. The van der Waals surface area contributed by atoms with Gasteiger partial charge >= 0.3 is 7.60 Å². The monoisotopic (exact) mass is 306 g/mol. The van der Waals surface area contributed by atoms with Gasteiger partial charge in [-0.2, -0.15) is 5.26 Å². The van der Waals surface area contributed by atoms with Crippen molar-refractivity contribution in [2.45, 2.75) is 51.9 Å². The van der Waals surface area contributed by atoms with Gasteiger partial charge in [-0.15, -0.1) is 0 Å². The molecule has 0 heterocycles. The Labute approximate surface area is 122 Å². The Balaban J connectivity index is 4.49. The molecule has 0 aliphatic carbocycles. The summed E-state index contributed by atoms with van der Waals surface area (Å²) in [6, 6.07) is 2.18. The van der Waals surface area contributed by atoms with Crippen molar-refractivity contribution in [1.82, 2.24) is 5.32 Å². The van der Waals surface area contributed by atoms with Gasteiger partial charge in [0.25, 0.3) is 0 Å². The average Bonchev–Trinajstić information content (AvgIpc) is 2.36. The Bertz CT molecular complexity index is 342. The molecule has 1 N–H and O–H groups in total. The summed E-state index contributed by atoms with van der Waals surface area (Å²) in [6.07, 6.45) is 0.200. The van der Waals surface area contributed by atoms with Crippen LogP contribution in [0.2, 0.25) is 0 Å². The molecule has 0 aliphatic rings. The number of rotatable bonds is 11. The molecule has 0 spiro atoms. The van der Waals surface area contributed by atoms with Gasteiger partial charge in [-0.3, -0.25) is 4.57 Å². The third kappa shape index (κ3) is 7.98. The van der Waals surface area contributed by atoms with Gasteiger partial charge in [0.15, 0.2) is 0 Å². The summed E-state index contributed by atoms with van der Waals surface area (Å²) in [5.41, 5.74) is -0.247. The SMILES string of the molecule is COCC(COP(=O)(OCCC#N)C(C)C)NC(C)C. The average molecular weight is 306 g/mol. The van der Waals surface area contributed by atoms with Crippen LogP contribution < -0.4 is 5.32 Å². The molecule has 0 bridgehead atoms. The van der Waals surface area contributed by atoms with E-state index in [0.717, 1.165) is 0 Å². The number of hydrogen-bond donors (Lipinski definition) is 1. The maximum absolute atomic E-state index is 12.6. The van der Waals surface area contributed by atoms with Crippen molar-refractivity contribution in [3.05, 3.63) is 0 Å². The van der Waals surface area contributed by atoms with E-state index in [1.54, 1.807) is 21.0 Å². The molecule has 0 saturated heterocycles. The lowest BCUT2D eigenvalue weighted by Crippen LogP contribution is -2.41. The Morgan fingerprint density at radius 3 is 2.30 bits per heavy atom. The molecule has 0 aromatic heterocycles. The predicted octanol–water partition coefficient (Wildman–Crippen LogP) is 2.55. The molecule has 0 saturated carbocycles. The van der Waals surface area contributed by atoms with Gasteiger partial charge in [0, 0.05) is 13.2 Å². The fourth-order valence-electron chi connectivity index (χ4n) is 1.56. The fourth-order valence-corrected chi connectivity index (χ4v) is 2.97. The number of nitrogens with one attached hydrogen (secondary N) is 1. The topological polar surface area (TPSA) is 80.6 Å². The van der Waals surface area contributed by atoms with Crippen LogP contribution in [0.1, 0.15) is 34.1 Å². The summed E-state index contributed by atoms with van der Waals surface area (Å²) in [5.74, 6) is 0. The molecule has 6 nitrogen and oxygen atoms in total. The summed E-state index contributed by atoms with van der Waals surface area (Å²) in [4.78, 5) is 0. The van der Waals surface area contributed by atoms with Crippen LogP contribution in [0.15, 0.2) is 0 Å². The first-order chi connectivity index (χ1) is 9.35. The van der Waals surface area contributed by atoms with E-state index < -0.39 is 7.60 Å². The molecule has 7 heteroatoms. The Morgan fingerprint density at radius 1 is 1.20 bits per heavy atom. The van der Waals surface area contributed by atoms with Crippen LogP contribution in [-0.4, -0.2) is 44.7 Å². The summed E-state index contributed by atoms with van der Waals surface area (Å²) >= 11 is 0. The lowest BCUT2D eigenvalue weighted by Gasteiger charge is -2.26. The van der Waals surface area contributed by atoms with E-state index in [9.17, 15) is 4.57 Å². The zero-order valence-corrected chi connectivity index (χ0v) is 14.0. The second-order valence-corrected chi connectivity index (χ2v) is 7.77. The zero-order chi connectivity index (χ0) is 15.6. The number of nitrogens with zero attached hydrogens (tertiary/aromatic N) is 1. The first-order valence-electron chi connectivity index (χ1n) is 6.86. The van der Waals surface area contributed by atoms with Crippen molar-refractivity contribution < 1.29 is 18.3 Å². The molecule has 0 fully saturated rings. The molecule has 0 aliphatic heterocycles. The Kier molecular flexibility index (Phi) is 10.1. The van der Waals surface area contributed by atoms with Crippen molar-refractivity contribution >= 4 is 7.60 Å². The summed E-state index contributed by atoms with van der Waals surface area (Å²) in [5, 5.41) is 11.8. The molecule has 20 heavy (non-hydrogen) atoms. The highest BCUT2D eigenvalue weighted by Crippen LogP contribution is 2.52. The Morgan fingerprint density at radius 2 is 1.85 bits per heavy atom. The molecule has 0 amide bonds. The van der Waals surface area contributed by atoms with Gasteiger partial charge in [-0.05, 0) is 0 Å². The van der Waals surface area contributed by atoms with Gasteiger partial charge < -0.3 is 19.1 Å². The minimum absolute atomic E-state index is 0.0494. The van der Waals surface area contributed by atoms with Crippen molar-refractivity contribution in [2.75, 3.05) is 26.9 Å². The van der Waals surface area contributed by atoms with Gasteiger partial charge in [0.2, 0.25) is 0 Å². The van der Waals surface area contributed by atoms with Crippen LogP contribution in [0.25, 0.3) is 0 Å². The normalized spacial score (nSPS) is 16.1. The van der Waals surface area contributed by atoms with Crippen molar-refractivity contribution in [3.8, 4) is 6.07 Å². The third-order valence-corrected chi connectivity index (χ3v) is 4.83. The summed E-state index contributed by atoms with van der Waals surface area (Å²) in [6.45, 7) is 8.45. The second-order valence-electron chi connectivity index (χ2n) is 5.14. The van der Waals surface area contributed by atoms with Crippen molar-refractivity contribution in [2.24, 2.45) is 0 Å². The molecule has 2 atom stereocenters. The van der Waals surface area contributed by atoms with Crippen LogP contribution in [-0.2, 0) is 18.3 Å². The summed E-state index contributed by atoms with van der Waals surface area (Å²) < 4.78 is 28.5. The molecule has 0 radical (unpaired) electrons. The van der Waals surface area contributed by atoms with Crippen LogP contribution in [0.3, 0.4) is 0 Å². The molecular weight excluding hydrogens is 279 g/mol. The first-order valence-corrected chi connectivity index (χ1v) is 8.47. The Hall–Kier alpha value is -0.440. The van der Waals surface area contributed by atoms with E-state index >= 15 is 0 Å². The van der Waals surface area contributed by atoms with E-state index in [-0.39, 0.29) is 37.4 Å². The van der Waals surface area contributed by atoms with Crippen molar-refractivity contribution in [3.63, 3.8) is 0 Å². The number of nitriles is 1. The molecular formula is C13H27N2O4P. The fraction of sp³-hybridized carbons (Fsp3) is 0.923. The molecule has 2 unspecified atom stereocenters. The maximum Gasteiger partial charge on any atom is 0.333 e.